The number of rotatable bonds is 6. The third-order valence-electron chi connectivity index (χ3n) is 3.41. The lowest BCUT2D eigenvalue weighted by Crippen LogP contribution is -2.09. The minimum atomic E-state index is -0.470. The number of ether oxygens (including phenoxy) is 3. The Morgan fingerprint density at radius 2 is 2.00 bits per heavy atom. The molecule has 5 heteroatoms. The zero-order valence-corrected chi connectivity index (χ0v) is 11.4. The van der Waals surface area contributed by atoms with Gasteiger partial charge in [0.25, 0.3) is 0 Å². The Balaban J connectivity index is 2.56. The first-order valence-corrected chi connectivity index (χ1v) is 6.04. The van der Waals surface area contributed by atoms with Crippen molar-refractivity contribution in [3.8, 4) is 11.5 Å². The lowest BCUT2D eigenvalue weighted by atomic mass is 10.00. The van der Waals surface area contributed by atoms with Crippen LogP contribution in [0.1, 0.15) is 24.0 Å². The minimum Gasteiger partial charge on any atom is -0.496 e. The summed E-state index contributed by atoms with van der Waals surface area (Å²) in [4.78, 5) is 14.5. The monoisotopic (exact) mass is 263 g/mol. The summed E-state index contributed by atoms with van der Waals surface area (Å²) in [5.74, 6) is 1.38. The second-order valence-electron chi connectivity index (χ2n) is 4.49. The predicted molar refractivity (Wildman–Crippen MR) is 69.3 cm³/mol. The number of aliphatic imine (C=N–C) groups is 1. The molecule has 0 amide bonds. The van der Waals surface area contributed by atoms with Gasteiger partial charge in [-0.25, -0.2) is 4.79 Å². The number of hydrogen-bond acceptors (Lipinski definition) is 5. The van der Waals surface area contributed by atoms with E-state index in [1.807, 2.05) is 12.1 Å². The fourth-order valence-corrected chi connectivity index (χ4v) is 2.33. The predicted octanol–water partition coefficient (Wildman–Crippen LogP) is 2.18. The second-order valence-corrected chi connectivity index (χ2v) is 4.49. The molecule has 0 atom stereocenters. The van der Waals surface area contributed by atoms with Crippen molar-refractivity contribution >= 4 is 6.08 Å². The first kappa shape index (κ1) is 13.6. The van der Waals surface area contributed by atoms with E-state index in [2.05, 4.69) is 4.99 Å². The highest BCUT2D eigenvalue weighted by Gasteiger charge is 2.47. The fourth-order valence-electron chi connectivity index (χ4n) is 2.33. The number of benzene rings is 1. The first-order valence-electron chi connectivity index (χ1n) is 6.04. The van der Waals surface area contributed by atoms with Crippen molar-refractivity contribution in [1.29, 1.82) is 0 Å². The molecule has 0 radical (unpaired) electrons. The summed E-state index contributed by atoms with van der Waals surface area (Å²) in [7, 11) is 4.81. The van der Waals surface area contributed by atoms with Gasteiger partial charge in [-0.05, 0) is 25.0 Å². The van der Waals surface area contributed by atoms with Crippen LogP contribution >= 0.6 is 0 Å². The fraction of sp³-hybridized carbons (Fsp3) is 0.500. The zero-order valence-electron chi connectivity index (χ0n) is 11.4. The maximum atomic E-state index is 10.6. The van der Waals surface area contributed by atoms with Crippen LogP contribution in [0, 0.1) is 0 Å². The molecule has 0 saturated heterocycles. The number of methoxy groups -OCH3 is 3. The summed E-state index contributed by atoms with van der Waals surface area (Å²) >= 11 is 0. The maximum Gasteiger partial charge on any atom is 0.235 e. The summed E-state index contributed by atoms with van der Waals surface area (Å²) < 4.78 is 16.0. The van der Waals surface area contributed by atoms with Crippen molar-refractivity contribution in [2.75, 3.05) is 21.3 Å². The average molecular weight is 263 g/mol. The highest BCUT2D eigenvalue weighted by Crippen LogP contribution is 2.53. The third kappa shape index (κ3) is 2.35. The molecule has 2 rings (SSSR count). The van der Waals surface area contributed by atoms with Crippen molar-refractivity contribution < 1.29 is 19.0 Å². The molecule has 1 aliphatic rings. The molecule has 0 N–H and O–H groups in total. The van der Waals surface area contributed by atoms with Crippen LogP contribution in [-0.4, -0.2) is 27.4 Å². The maximum absolute atomic E-state index is 10.6. The van der Waals surface area contributed by atoms with Crippen LogP contribution < -0.4 is 9.47 Å². The second kappa shape index (κ2) is 5.43. The van der Waals surface area contributed by atoms with E-state index in [9.17, 15) is 4.79 Å². The summed E-state index contributed by atoms with van der Waals surface area (Å²) in [6.07, 6.45) is 3.32. The van der Waals surface area contributed by atoms with Gasteiger partial charge in [0.2, 0.25) is 6.08 Å². The van der Waals surface area contributed by atoms with Gasteiger partial charge in [-0.15, -0.1) is 0 Å². The van der Waals surface area contributed by atoms with E-state index in [0.29, 0.717) is 18.1 Å². The standard InChI is InChI=1S/C14H17NO4/c1-17-8-10-12(18-2)5-4-11(13(10)19-3)14(6-7-14)15-9-16/h4-5H,6-8H2,1-3H3. The lowest BCUT2D eigenvalue weighted by molar-refractivity contribution is 0.178. The van der Waals surface area contributed by atoms with Gasteiger partial charge in [0.15, 0.2) is 0 Å². The van der Waals surface area contributed by atoms with Crippen LogP contribution in [0.5, 0.6) is 11.5 Å². The molecule has 1 aromatic carbocycles. The highest BCUT2D eigenvalue weighted by molar-refractivity contribution is 5.55. The molecule has 1 saturated carbocycles. The van der Waals surface area contributed by atoms with E-state index in [-0.39, 0.29) is 0 Å². The number of nitrogens with zero attached hydrogens (tertiary/aromatic N) is 1. The largest absolute Gasteiger partial charge is 0.496 e. The Hall–Kier alpha value is -1.84. The summed E-state index contributed by atoms with van der Waals surface area (Å²) in [6, 6.07) is 3.75. The molecule has 5 nitrogen and oxygen atoms in total. The molecule has 19 heavy (non-hydrogen) atoms. The van der Waals surface area contributed by atoms with Gasteiger partial charge in [-0.1, -0.05) is 0 Å². The number of hydrogen-bond donors (Lipinski definition) is 0. The van der Waals surface area contributed by atoms with Crippen LogP contribution in [0.4, 0.5) is 0 Å². The highest BCUT2D eigenvalue weighted by atomic mass is 16.5. The molecule has 0 unspecified atom stereocenters. The van der Waals surface area contributed by atoms with E-state index in [0.717, 1.165) is 24.0 Å². The van der Waals surface area contributed by atoms with Crippen molar-refractivity contribution in [3.05, 3.63) is 23.3 Å². The lowest BCUT2D eigenvalue weighted by Gasteiger charge is -2.19. The van der Waals surface area contributed by atoms with E-state index in [1.54, 1.807) is 27.4 Å². The summed E-state index contributed by atoms with van der Waals surface area (Å²) in [6.45, 7) is 0.376. The minimum absolute atomic E-state index is 0.376. The molecule has 102 valence electrons. The average Bonchev–Trinajstić information content (AvgIpc) is 3.19. The van der Waals surface area contributed by atoms with Crippen molar-refractivity contribution in [2.24, 2.45) is 4.99 Å². The van der Waals surface area contributed by atoms with Crippen molar-refractivity contribution in [2.45, 2.75) is 25.0 Å². The molecule has 0 spiro atoms. The molecule has 1 fully saturated rings. The Bertz CT molecular complexity index is 516. The molecule has 0 bridgehead atoms. The molecule has 1 aliphatic carbocycles. The smallest absolute Gasteiger partial charge is 0.235 e. The van der Waals surface area contributed by atoms with Crippen molar-refractivity contribution in [1.82, 2.24) is 0 Å². The molecule has 0 heterocycles. The number of isocyanates is 1. The number of carbonyl (C=O) groups excluding carboxylic acids is 1. The molecular formula is C14H17NO4. The molecular weight excluding hydrogens is 246 g/mol. The third-order valence-corrected chi connectivity index (χ3v) is 3.41. The Morgan fingerprint density at radius 3 is 2.47 bits per heavy atom. The quantitative estimate of drug-likeness (QED) is 0.583. The van der Waals surface area contributed by atoms with E-state index >= 15 is 0 Å². The van der Waals surface area contributed by atoms with Gasteiger partial charge >= 0.3 is 0 Å². The summed E-state index contributed by atoms with van der Waals surface area (Å²) in [5, 5.41) is 0. The van der Waals surface area contributed by atoms with Gasteiger partial charge in [-0.2, -0.15) is 4.99 Å². The van der Waals surface area contributed by atoms with E-state index < -0.39 is 5.54 Å². The topological polar surface area (TPSA) is 57.1 Å². The van der Waals surface area contributed by atoms with Crippen LogP contribution in [0.3, 0.4) is 0 Å². The Labute approximate surface area is 112 Å². The normalized spacial score (nSPS) is 15.5. The van der Waals surface area contributed by atoms with Crippen LogP contribution in [0.25, 0.3) is 0 Å². The van der Waals surface area contributed by atoms with Crippen molar-refractivity contribution in [3.63, 3.8) is 0 Å². The van der Waals surface area contributed by atoms with E-state index in [4.69, 9.17) is 14.2 Å². The van der Waals surface area contributed by atoms with Gasteiger partial charge in [0, 0.05) is 12.7 Å². The molecule has 0 aliphatic heterocycles. The summed E-state index contributed by atoms with van der Waals surface area (Å²) in [5.41, 5.74) is 1.26. The molecule has 1 aromatic rings. The SMILES string of the molecule is COCc1c(OC)ccc(C2(N=C=O)CC2)c1OC. The van der Waals surface area contributed by atoms with Gasteiger partial charge in [0.1, 0.15) is 17.0 Å². The van der Waals surface area contributed by atoms with Gasteiger partial charge in [-0.3, -0.25) is 0 Å². The van der Waals surface area contributed by atoms with Crippen LogP contribution in [0.15, 0.2) is 17.1 Å². The van der Waals surface area contributed by atoms with Gasteiger partial charge in [0.05, 0.1) is 26.4 Å². The van der Waals surface area contributed by atoms with Crippen LogP contribution in [-0.2, 0) is 21.7 Å². The zero-order chi connectivity index (χ0) is 13.9. The van der Waals surface area contributed by atoms with E-state index in [1.165, 1.54) is 0 Å². The Kier molecular flexibility index (Phi) is 3.88. The first-order chi connectivity index (χ1) is 9.22. The molecule has 0 aromatic heterocycles. The van der Waals surface area contributed by atoms with Crippen LogP contribution in [0.2, 0.25) is 0 Å². The van der Waals surface area contributed by atoms with Gasteiger partial charge < -0.3 is 14.2 Å². The Morgan fingerprint density at radius 1 is 1.26 bits per heavy atom.